The first-order chi connectivity index (χ1) is 16.5. The van der Waals surface area contributed by atoms with Crippen molar-refractivity contribution in [2.45, 2.75) is 39.7 Å². The molecule has 5 nitrogen and oxygen atoms in total. The lowest BCUT2D eigenvalue weighted by Crippen LogP contribution is -2.46. The van der Waals surface area contributed by atoms with Crippen LogP contribution in [0.25, 0.3) is 22.3 Å². The molecule has 0 spiro atoms. The number of hydrogen-bond acceptors (Lipinski definition) is 5. The molecule has 34 heavy (non-hydrogen) atoms. The smallest absolute Gasteiger partial charge is 0.500 e. The number of rotatable bonds is 12. The van der Waals surface area contributed by atoms with Crippen molar-refractivity contribution in [2.75, 3.05) is 19.8 Å². The van der Waals surface area contributed by atoms with Gasteiger partial charge in [0.1, 0.15) is 5.75 Å². The fraction of sp³-hybridized carbons (Fsp3) is 0.321. The van der Waals surface area contributed by atoms with E-state index in [1.54, 1.807) is 6.07 Å². The molecule has 0 amide bonds. The molecule has 0 heterocycles. The zero-order chi connectivity index (χ0) is 24.1. The highest BCUT2D eigenvalue weighted by Crippen LogP contribution is 2.44. The van der Waals surface area contributed by atoms with Gasteiger partial charge in [0.25, 0.3) is 0 Å². The number of carbonyl (C=O) groups excluding carboxylic acids is 1. The average Bonchev–Trinajstić information content (AvgIpc) is 3.01. The maximum Gasteiger partial charge on any atom is 0.500 e. The Morgan fingerprint density at radius 3 is 2.15 bits per heavy atom. The molecule has 6 heteroatoms. The first kappa shape index (κ1) is 24.4. The van der Waals surface area contributed by atoms with E-state index in [4.69, 9.17) is 13.3 Å². The van der Waals surface area contributed by atoms with Crippen LogP contribution in [0.3, 0.4) is 0 Å². The number of hydrogen-bond donors (Lipinski definition) is 1. The summed E-state index contributed by atoms with van der Waals surface area (Å²) in [6.07, 6.45) is 1.59. The molecule has 0 saturated heterocycles. The molecule has 5 rings (SSSR count). The molecule has 0 fully saturated rings. The number of carbonyl (C=O) groups is 1. The van der Waals surface area contributed by atoms with Gasteiger partial charge in [-0.15, -0.1) is 0 Å². The van der Waals surface area contributed by atoms with Crippen LogP contribution in [0.4, 0.5) is 0 Å². The average molecular weight is 477 g/mol. The van der Waals surface area contributed by atoms with Crippen LogP contribution in [0.15, 0.2) is 60.7 Å². The molecular weight excluding hydrogens is 444 g/mol. The van der Waals surface area contributed by atoms with Crippen LogP contribution in [0, 0.1) is 0 Å². The van der Waals surface area contributed by atoms with E-state index in [0.29, 0.717) is 37.0 Å². The summed E-state index contributed by atoms with van der Waals surface area (Å²) in [6.45, 7) is 7.55. The topological polar surface area (TPSA) is 65.0 Å². The van der Waals surface area contributed by atoms with Gasteiger partial charge in [-0.1, -0.05) is 36.4 Å². The first-order valence-corrected chi connectivity index (χ1v) is 14.0. The molecule has 0 saturated carbocycles. The van der Waals surface area contributed by atoms with E-state index in [1.807, 2.05) is 69.3 Å². The molecule has 178 valence electrons. The number of ketones is 1. The van der Waals surface area contributed by atoms with Crippen LogP contribution in [0.5, 0.6) is 5.75 Å². The Bertz CT molecular complexity index is 1140. The van der Waals surface area contributed by atoms with Crippen molar-refractivity contribution in [3.8, 4) is 28.0 Å². The highest BCUT2D eigenvalue weighted by atomic mass is 28.4. The third-order valence-electron chi connectivity index (χ3n) is 6.14. The number of benzene rings is 3. The third-order valence-corrected chi connectivity index (χ3v) is 9.30. The van der Waals surface area contributed by atoms with Crippen molar-refractivity contribution in [1.82, 2.24) is 0 Å². The standard InChI is InChI=1S/C28H32O5Si/c1-4-31-34(32-5-2,33-6-3)16-10-13-21-17-25-22-14-15-23(26(18-22)24(21)19-27(25)29)28(30)20-11-8-7-9-12-20/h7-9,11-12,14-15,17-19,29H,4-6,10,13,16H2,1-3H3. The number of phenolic OH excluding ortho intramolecular Hbond substituents is 1. The van der Waals surface area contributed by atoms with E-state index in [0.717, 1.165) is 40.7 Å². The van der Waals surface area contributed by atoms with Gasteiger partial charge < -0.3 is 18.4 Å². The minimum absolute atomic E-state index is 0.0206. The molecule has 0 aliphatic heterocycles. The summed E-state index contributed by atoms with van der Waals surface area (Å²) in [4.78, 5) is 13.3. The van der Waals surface area contributed by atoms with Crippen LogP contribution in [0.1, 0.15) is 48.7 Å². The van der Waals surface area contributed by atoms with Crippen molar-refractivity contribution in [3.05, 3.63) is 77.4 Å². The molecular formula is C28H32O5Si. The maximum absolute atomic E-state index is 13.3. The van der Waals surface area contributed by atoms with Crippen LogP contribution < -0.4 is 0 Å². The minimum atomic E-state index is -2.73. The highest BCUT2D eigenvalue weighted by molar-refractivity contribution is 6.60. The molecule has 3 aromatic rings. The largest absolute Gasteiger partial charge is 0.507 e. The predicted octanol–water partition coefficient (Wildman–Crippen LogP) is 6.25. The molecule has 0 aromatic heterocycles. The highest BCUT2D eigenvalue weighted by Gasteiger charge is 2.39. The van der Waals surface area contributed by atoms with Gasteiger partial charge in [-0.3, -0.25) is 4.79 Å². The Morgan fingerprint density at radius 1 is 0.824 bits per heavy atom. The number of aryl methyl sites for hydroxylation is 1. The van der Waals surface area contributed by atoms with E-state index in [9.17, 15) is 9.90 Å². The molecule has 4 bridgehead atoms. The van der Waals surface area contributed by atoms with Gasteiger partial charge in [0.2, 0.25) is 0 Å². The van der Waals surface area contributed by atoms with Gasteiger partial charge in [0.15, 0.2) is 5.78 Å². The summed E-state index contributed by atoms with van der Waals surface area (Å²) < 4.78 is 18.0. The SMILES string of the molecule is CCO[Si](CCCc1cc2c(O)cc1-c1cc-2ccc1C(=O)c1ccccc1)(OCC)OCC. The van der Waals surface area contributed by atoms with Crippen molar-refractivity contribution in [3.63, 3.8) is 0 Å². The van der Waals surface area contributed by atoms with Crippen LogP contribution in [-0.4, -0.2) is 39.5 Å². The summed E-state index contributed by atoms with van der Waals surface area (Å²) in [5.41, 5.74) is 5.86. The Morgan fingerprint density at radius 2 is 1.50 bits per heavy atom. The lowest BCUT2D eigenvalue weighted by atomic mass is 9.92. The van der Waals surface area contributed by atoms with Gasteiger partial charge in [0, 0.05) is 42.6 Å². The lowest BCUT2D eigenvalue weighted by Gasteiger charge is -2.28. The first-order valence-electron chi connectivity index (χ1n) is 12.0. The molecule has 1 N–H and O–H groups in total. The molecule has 2 aliphatic carbocycles. The van der Waals surface area contributed by atoms with Crippen LogP contribution in [-0.2, 0) is 19.7 Å². The molecule has 0 radical (unpaired) electrons. The molecule has 0 atom stereocenters. The second kappa shape index (κ2) is 10.7. The zero-order valence-electron chi connectivity index (χ0n) is 20.1. The summed E-state index contributed by atoms with van der Waals surface area (Å²) >= 11 is 0. The lowest BCUT2D eigenvalue weighted by molar-refractivity contribution is 0.0708. The van der Waals surface area contributed by atoms with Gasteiger partial charge in [-0.05, 0) is 80.1 Å². The fourth-order valence-corrected chi connectivity index (χ4v) is 7.31. The van der Waals surface area contributed by atoms with E-state index in [-0.39, 0.29) is 11.5 Å². The van der Waals surface area contributed by atoms with Gasteiger partial charge in [0.05, 0.1) is 0 Å². The van der Waals surface area contributed by atoms with Gasteiger partial charge in [-0.25, -0.2) is 0 Å². The number of aromatic hydroxyl groups is 1. The van der Waals surface area contributed by atoms with Gasteiger partial charge >= 0.3 is 8.80 Å². The minimum Gasteiger partial charge on any atom is -0.507 e. The Balaban J connectivity index is 1.64. The van der Waals surface area contributed by atoms with Crippen LogP contribution in [0.2, 0.25) is 6.04 Å². The molecule has 0 unspecified atom stereocenters. The quantitative estimate of drug-likeness (QED) is 0.193. The fourth-order valence-electron chi connectivity index (χ4n) is 4.70. The van der Waals surface area contributed by atoms with Crippen molar-refractivity contribution < 1.29 is 23.2 Å². The van der Waals surface area contributed by atoms with Crippen LogP contribution >= 0.6 is 0 Å². The summed E-state index contributed by atoms with van der Waals surface area (Å²) in [5.74, 6) is 0.215. The van der Waals surface area contributed by atoms with Crippen molar-refractivity contribution in [1.29, 1.82) is 0 Å². The van der Waals surface area contributed by atoms with E-state index in [2.05, 4.69) is 6.07 Å². The third kappa shape index (κ3) is 4.86. The second-order valence-corrected chi connectivity index (χ2v) is 11.0. The number of phenols is 1. The second-order valence-electron chi connectivity index (χ2n) is 8.32. The summed E-state index contributed by atoms with van der Waals surface area (Å²) in [5, 5.41) is 10.7. The van der Waals surface area contributed by atoms with E-state index < -0.39 is 8.80 Å². The Hall–Kier alpha value is -2.77. The van der Waals surface area contributed by atoms with Crippen molar-refractivity contribution >= 4 is 14.6 Å². The van der Waals surface area contributed by atoms with E-state index in [1.165, 1.54) is 0 Å². The van der Waals surface area contributed by atoms with Crippen molar-refractivity contribution in [2.24, 2.45) is 0 Å². The zero-order valence-corrected chi connectivity index (χ0v) is 21.1. The Kier molecular flexibility index (Phi) is 7.63. The summed E-state index contributed by atoms with van der Waals surface area (Å²) in [7, 11) is -2.73. The van der Waals surface area contributed by atoms with E-state index >= 15 is 0 Å². The number of fused-ring (bicyclic) bond motifs is 2. The molecule has 2 aliphatic rings. The normalized spacial score (nSPS) is 12.1. The maximum atomic E-state index is 13.3. The summed E-state index contributed by atoms with van der Waals surface area (Å²) in [6, 6.07) is 19.7. The predicted molar refractivity (Wildman–Crippen MR) is 136 cm³/mol. The molecule has 3 aromatic carbocycles. The Labute approximate surface area is 202 Å². The monoisotopic (exact) mass is 476 g/mol. The van der Waals surface area contributed by atoms with Gasteiger partial charge in [-0.2, -0.15) is 0 Å².